The number of rotatable bonds is 5. The first-order valence-corrected chi connectivity index (χ1v) is 16.8. The van der Waals surface area contributed by atoms with Crippen LogP contribution in [0.1, 0.15) is 0 Å². The SMILES string of the molecule is c1ccc(N(c2ccc(-c3nc4c5cccc6oc7cccc(c4o3)c7c65)cc2)c2ccc3c4ccccc4n(-c4ccccc4)c3c2)cc1. The van der Waals surface area contributed by atoms with E-state index in [2.05, 4.69) is 149 Å². The van der Waals surface area contributed by atoms with Gasteiger partial charge in [-0.25, -0.2) is 4.98 Å². The fourth-order valence-corrected chi connectivity index (χ4v) is 7.79. The molecule has 0 fully saturated rings. The van der Waals surface area contributed by atoms with E-state index < -0.39 is 0 Å². The number of benzene rings is 8. The fourth-order valence-electron chi connectivity index (χ4n) is 7.79. The molecule has 0 unspecified atom stereocenters. The summed E-state index contributed by atoms with van der Waals surface area (Å²) in [6, 6.07) is 57.3. The Morgan fingerprint density at radius 2 is 1.08 bits per heavy atom. The smallest absolute Gasteiger partial charge is 0.227 e. The molecule has 3 heterocycles. The number of aromatic nitrogens is 2. The molecule has 0 spiro atoms. The molecule has 0 saturated carbocycles. The van der Waals surface area contributed by atoms with Crippen LogP contribution in [0, 0.1) is 0 Å². The molecular weight excluding hydrogens is 615 g/mol. The molecule has 50 heavy (non-hydrogen) atoms. The van der Waals surface area contributed by atoms with Crippen LogP contribution in [-0.2, 0) is 0 Å². The molecule has 0 bridgehead atoms. The molecule has 0 aliphatic rings. The van der Waals surface area contributed by atoms with E-state index in [1.807, 2.05) is 24.3 Å². The lowest BCUT2D eigenvalue weighted by Gasteiger charge is -2.26. The molecule has 5 heteroatoms. The highest BCUT2D eigenvalue weighted by Crippen LogP contribution is 2.44. The van der Waals surface area contributed by atoms with Gasteiger partial charge in [-0.05, 0) is 78.9 Å². The Morgan fingerprint density at radius 1 is 0.460 bits per heavy atom. The highest BCUT2D eigenvalue weighted by Gasteiger charge is 2.22. The van der Waals surface area contributed by atoms with Crippen molar-refractivity contribution in [2.24, 2.45) is 0 Å². The number of nitrogens with zero attached hydrogens (tertiary/aromatic N) is 3. The van der Waals surface area contributed by atoms with Gasteiger partial charge in [0.25, 0.3) is 0 Å². The average Bonchev–Trinajstić information content (AvgIpc) is 3.89. The maximum Gasteiger partial charge on any atom is 0.227 e. The van der Waals surface area contributed by atoms with Crippen LogP contribution >= 0.6 is 0 Å². The second-order valence-electron chi connectivity index (χ2n) is 12.8. The standard InChI is InChI=1S/C45H27N3O2/c1-3-11-29(12-4-1)47(32-25-26-34-33-15-7-8-18-37(33)48(38(34)27-32)30-13-5-2-6-14-30)31-23-21-28(22-24-31)45-46-43-35-16-9-19-39-41(35)42-36(44(43)50-45)17-10-20-40(42)49-39/h1-27H. The van der Waals surface area contributed by atoms with Crippen LogP contribution in [0.15, 0.2) is 173 Å². The number of furan rings is 1. The maximum atomic E-state index is 6.57. The van der Waals surface area contributed by atoms with Crippen molar-refractivity contribution in [1.82, 2.24) is 9.55 Å². The van der Waals surface area contributed by atoms with Crippen molar-refractivity contribution in [2.75, 3.05) is 4.90 Å². The lowest BCUT2D eigenvalue weighted by atomic mass is 10.0. The summed E-state index contributed by atoms with van der Waals surface area (Å²) in [5, 5.41) is 6.70. The minimum Gasteiger partial charge on any atom is -0.456 e. The zero-order valence-electron chi connectivity index (χ0n) is 26.7. The topological polar surface area (TPSA) is 47.3 Å². The highest BCUT2D eigenvalue weighted by molar-refractivity contribution is 6.31. The van der Waals surface area contributed by atoms with E-state index in [1.165, 1.54) is 16.3 Å². The van der Waals surface area contributed by atoms with Crippen LogP contribution in [0.5, 0.6) is 0 Å². The Bertz CT molecular complexity index is 2940. The normalized spacial score (nSPS) is 12.0. The van der Waals surface area contributed by atoms with E-state index in [0.717, 1.165) is 77.6 Å². The second-order valence-corrected chi connectivity index (χ2v) is 12.8. The first-order valence-electron chi connectivity index (χ1n) is 16.8. The first-order chi connectivity index (χ1) is 24.8. The van der Waals surface area contributed by atoms with Crippen molar-refractivity contribution in [1.29, 1.82) is 0 Å². The molecule has 0 atom stereocenters. The van der Waals surface area contributed by atoms with Crippen LogP contribution < -0.4 is 4.90 Å². The van der Waals surface area contributed by atoms with Gasteiger partial charge in [0.1, 0.15) is 16.7 Å². The Hall–Kier alpha value is -6.85. The Balaban J connectivity index is 1.06. The molecule has 0 radical (unpaired) electrons. The molecular formula is C45H27N3O2. The van der Waals surface area contributed by atoms with Crippen molar-refractivity contribution in [3.05, 3.63) is 164 Å². The number of fused-ring (bicyclic) bond motifs is 6. The molecule has 0 saturated heterocycles. The number of anilines is 3. The summed E-state index contributed by atoms with van der Waals surface area (Å²) in [6.45, 7) is 0. The van der Waals surface area contributed by atoms with Gasteiger partial charge in [-0.2, -0.15) is 0 Å². The Kier molecular flexibility index (Phi) is 5.60. The van der Waals surface area contributed by atoms with Gasteiger partial charge in [0, 0.05) is 60.6 Å². The predicted octanol–water partition coefficient (Wildman–Crippen LogP) is 12.6. The first kappa shape index (κ1) is 27.1. The van der Waals surface area contributed by atoms with Gasteiger partial charge in [0.15, 0.2) is 5.58 Å². The van der Waals surface area contributed by atoms with Gasteiger partial charge in [-0.15, -0.1) is 0 Å². The lowest BCUT2D eigenvalue weighted by molar-refractivity contribution is 0.623. The summed E-state index contributed by atoms with van der Waals surface area (Å²) in [4.78, 5) is 7.38. The third-order valence-electron chi connectivity index (χ3n) is 9.97. The van der Waals surface area contributed by atoms with Gasteiger partial charge < -0.3 is 18.3 Å². The van der Waals surface area contributed by atoms with Gasteiger partial charge in [-0.1, -0.05) is 84.9 Å². The van der Waals surface area contributed by atoms with Crippen molar-refractivity contribution in [2.45, 2.75) is 0 Å². The summed E-state index contributed by atoms with van der Waals surface area (Å²) >= 11 is 0. The van der Waals surface area contributed by atoms with E-state index in [1.54, 1.807) is 0 Å². The summed E-state index contributed by atoms with van der Waals surface area (Å²) in [5.41, 5.74) is 10.9. The fraction of sp³-hybridized carbons (Fsp3) is 0. The van der Waals surface area contributed by atoms with E-state index in [4.69, 9.17) is 13.8 Å². The van der Waals surface area contributed by atoms with Crippen LogP contribution in [0.4, 0.5) is 17.1 Å². The summed E-state index contributed by atoms with van der Waals surface area (Å²) in [5.74, 6) is 0.595. The molecule has 11 aromatic rings. The zero-order chi connectivity index (χ0) is 32.8. The molecule has 0 aliphatic carbocycles. The van der Waals surface area contributed by atoms with E-state index >= 15 is 0 Å². The number of para-hydroxylation sites is 3. The van der Waals surface area contributed by atoms with Gasteiger partial charge >= 0.3 is 0 Å². The Morgan fingerprint density at radius 3 is 1.88 bits per heavy atom. The third-order valence-corrected chi connectivity index (χ3v) is 9.97. The van der Waals surface area contributed by atoms with E-state index in [-0.39, 0.29) is 0 Å². The van der Waals surface area contributed by atoms with E-state index in [9.17, 15) is 0 Å². The minimum absolute atomic E-state index is 0.595. The monoisotopic (exact) mass is 641 g/mol. The molecule has 11 rings (SSSR count). The number of oxazole rings is 1. The van der Waals surface area contributed by atoms with Crippen LogP contribution in [-0.4, -0.2) is 9.55 Å². The lowest BCUT2D eigenvalue weighted by Crippen LogP contribution is -2.10. The molecule has 0 N–H and O–H groups in total. The maximum absolute atomic E-state index is 6.57. The summed E-state index contributed by atoms with van der Waals surface area (Å²) in [6.07, 6.45) is 0. The van der Waals surface area contributed by atoms with Crippen molar-refractivity contribution < 1.29 is 8.83 Å². The van der Waals surface area contributed by atoms with Gasteiger partial charge in [0.2, 0.25) is 5.89 Å². The molecule has 5 nitrogen and oxygen atoms in total. The Labute approximate surface area is 286 Å². The van der Waals surface area contributed by atoms with Gasteiger partial charge in [-0.3, -0.25) is 0 Å². The summed E-state index contributed by atoms with van der Waals surface area (Å²) < 4.78 is 15.1. The third kappa shape index (κ3) is 3.86. The van der Waals surface area contributed by atoms with Crippen LogP contribution in [0.25, 0.3) is 82.8 Å². The molecule has 0 amide bonds. The number of hydrogen-bond donors (Lipinski definition) is 0. The minimum atomic E-state index is 0.595. The molecule has 3 aromatic heterocycles. The van der Waals surface area contributed by atoms with Crippen molar-refractivity contribution in [3.63, 3.8) is 0 Å². The molecule has 8 aromatic carbocycles. The average molecular weight is 642 g/mol. The van der Waals surface area contributed by atoms with Crippen LogP contribution in [0.3, 0.4) is 0 Å². The summed E-state index contributed by atoms with van der Waals surface area (Å²) in [7, 11) is 0. The van der Waals surface area contributed by atoms with Gasteiger partial charge in [0.05, 0.1) is 11.0 Å². The van der Waals surface area contributed by atoms with Crippen molar-refractivity contribution >= 4 is 82.7 Å². The molecule has 0 aliphatic heterocycles. The van der Waals surface area contributed by atoms with Crippen LogP contribution in [0.2, 0.25) is 0 Å². The predicted molar refractivity (Wildman–Crippen MR) is 204 cm³/mol. The quantitative estimate of drug-likeness (QED) is 0.175. The molecule has 234 valence electrons. The van der Waals surface area contributed by atoms with Crippen molar-refractivity contribution in [3.8, 4) is 17.1 Å². The second kappa shape index (κ2) is 10.3. The largest absolute Gasteiger partial charge is 0.456 e. The highest BCUT2D eigenvalue weighted by atomic mass is 16.3. The van der Waals surface area contributed by atoms with E-state index in [0.29, 0.717) is 5.89 Å². The zero-order valence-corrected chi connectivity index (χ0v) is 26.7. The number of hydrogen-bond acceptors (Lipinski definition) is 4.